The second-order valence-electron chi connectivity index (χ2n) is 11.3. The molecule has 5 heterocycles. The Morgan fingerprint density at radius 2 is 1.80 bits per heavy atom. The number of likely N-dealkylation sites (N-methyl/N-ethyl adjacent to an activating group) is 1. The molecule has 0 saturated carbocycles. The van der Waals surface area contributed by atoms with E-state index in [9.17, 15) is 18.0 Å². The number of piperazine rings is 1. The maximum absolute atomic E-state index is 14.7. The van der Waals surface area contributed by atoms with Crippen LogP contribution in [0.4, 0.5) is 5.69 Å². The van der Waals surface area contributed by atoms with E-state index in [-0.39, 0.29) is 23.1 Å². The monoisotopic (exact) mass is 648 g/mol. The van der Waals surface area contributed by atoms with Gasteiger partial charge < -0.3 is 9.64 Å². The van der Waals surface area contributed by atoms with Gasteiger partial charge in [0.15, 0.2) is 10.2 Å². The first-order chi connectivity index (χ1) is 21.2. The lowest BCUT2D eigenvalue weighted by atomic mass is 9.72. The highest BCUT2D eigenvalue weighted by Crippen LogP contribution is 2.69. The highest BCUT2D eigenvalue weighted by atomic mass is 33.1. The molecule has 44 heavy (non-hydrogen) atoms. The lowest BCUT2D eigenvalue weighted by Crippen LogP contribution is -2.72. The minimum absolute atomic E-state index is 0.0366. The Bertz CT molecular complexity index is 1830. The molecule has 2 bridgehead atoms. The topological polar surface area (TPSA) is 136 Å². The molecule has 2 amide bonds. The van der Waals surface area contributed by atoms with E-state index in [1.54, 1.807) is 36.2 Å². The second-order valence-corrected chi connectivity index (χ2v) is 15.6. The Morgan fingerprint density at radius 1 is 1.07 bits per heavy atom. The normalized spacial score (nSPS) is 26.7. The number of fused-ring (bicyclic) bond motifs is 5. The van der Waals surface area contributed by atoms with E-state index in [0.717, 1.165) is 16.7 Å². The summed E-state index contributed by atoms with van der Waals surface area (Å²) >= 11 is 0. The Kier molecular flexibility index (Phi) is 6.81. The van der Waals surface area contributed by atoms with Gasteiger partial charge in [-0.2, -0.15) is 0 Å². The molecule has 5 aliphatic heterocycles. The van der Waals surface area contributed by atoms with Crippen LogP contribution in [0.3, 0.4) is 0 Å². The van der Waals surface area contributed by atoms with Gasteiger partial charge in [-0.25, -0.2) is 12.7 Å². The third-order valence-electron chi connectivity index (χ3n) is 8.85. The van der Waals surface area contributed by atoms with Crippen molar-refractivity contribution >= 4 is 49.1 Å². The molecule has 3 aromatic carbocycles. The first kappa shape index (κ1) is 28.9. The number of para-hydroxylation sites is 1. The molecule has 1 spiro atoms. The van der Waals surface area contributed by atoms with E-state index in [2.05, 4.69) is 10.0 Å². The lowest BCUT2D eigenvalue weighted by Gasteiger charge is -2.53. The summed E-state index contributed by atoms with van der Waals surface area (Å²) in [5, 5.41) is 2.74. The Hall–Kier alpha value is -3.84. The average Bonchev–Trinajstić information content (AvgIpc) is 3.49. The van der Waals surface area contributed by atoms with Crippen LogP contribution in [0, 0.1) is 6.92 Å². The maximum Gasteiger partial charge on any atom is 0.266 e. The third kappa shape index (κ3) is 3.91. The SMILES string of the molecule is Cc1ccc([C@]23C[C@@]45SS[C@@H](C(=O)N4[C@H]2N(S(=O)(=O)c2ccc(OCCCN=[N+]=[N-])cc2)c2ccccc23)N(C)C5=O)cc1. The molecule has 0 radical (unpaired) electrons. The zero-order chi connectivity index (χ0) is 30.9. The molecule has 0 N–H and O–H groups in total. The predicted molar refractivity (Wildman–Crippen MR) is 168 cm³/mol. The Balaban J connectivity index is 1.37. The number of ether oxygens (including phenoxy) is 1. The minimum Gasteiger partial charge on any atom is -0.494 e. The molecule has 4 saturated heterocycles. The molecule has 226 valence electrons. The van der Waals surface area contributed by atoms with Crippen molar-refractivity contribution in [2.45, 2.75) is 46.5 Å². The second kappa shape index (κ2) is 10.4. The standard InChI is InChI=1S/C30H28N6O5S3/c1-19-8-10-20(11-9-19)29-18-30-28(38)34(2)26(42-43-30)25(37)35(30)27(29)36(24-7-4-3-6-23(24)29)44(39,40)22-14-12-21(13-15-22)41-17-5-16-32-33-31/h3-4,6-15,26-27H,5,16-18H2,1-2H3/t26-,27-,29-,30-/m0/s1. The first-order valence-electron chi connectivity index (χ1n) is 14.1. The van der Waals surface area contributed by atoms with Crippen molar-refractivity contribution in [2.24, 2.45) is 5.11 Å². The number of rotatable bonds is 8. The summed E-state index contributed by atoms with van der Waals surface area (Å²) in [7, 11) is 0.120. The molecule has 11 nitrogen and oxygen atoms in total. The van der Waals surface area contributed by atoms with Gasteiger partial charge in [0.25, 0.3) is 21.8 Å². The van der Waals surface area contributed by atoms with Crippen LogP contribution in [0.5, 0.6) is 5.75 Å². The van der Waals surface area contributed by atoms with Crippen molar-refractivity contribution in [1.29, 1.82) is 0 Å². The van der Waals surface area contributed by atoms with Crippen LogP contribution in [-0.4, -0.2) is 66.6 Å². The van der Waals surface area contributed by atoms with Crippen LogP contribution in [0.2, 0.25) is 0 Å². The summed E-state index contributed by atoms with van der Waals surface area (Å²) < 4.78 is 36.5. The summed E-state index contributed by atoms with van der Waals surface area (Å²) in [6.45, 7) is 2.59. The highest BCUT2D eigenvalue weighted by Gasteiger charge is 2.77. The molecule has 5 aliphatic rings. The fraction of sp³-hybridized carbons (Fsp3) is 0.333. The van der Waals surface area contributed by atoms with Gasteiger partial charge in [0.05, 0.1) is 22.6 Å². The molecule has 3 aromatic rings. The molecule has 0 unspecified atom stereocenters. The van der Waals surface area contributed by atoms with Crippen LogP contribution in [-0.2, 0) is 25.0 Å². The minimum atomic E-state index is -4.25. The third-order valence-corrected chi connectivity index (χ3v) is 13.9. The van der Waals surface area contributed by atoms with Gasteiger partial charge in [-0.15, -0.1) is 0 Å². The number of aryl methyl sites for hydroxylation is 1. The molecular weight excluding hydrogens is 621 g/mol. The van der Waals surface area contributed by atoms with Crippen LogP contribution in [0.1, 0.15) is 29.5 Å². The number of azide groups is 1. The Morgan fingerprint density at radius 3 is 2.52 bits per heavy atom. The number of sulfonamides is 1. The van der Waals surface area contributed by atoms with Crippen molar-refractivity contribution in [3.8, 4) is 5.75 Å². The summed E-state index contributed by atoms with van der Waals surface area (Å²) in [6, 6.07) is 21.5. The average molecular weight is 649 g/mol. The zero-order valence-corrected chi connectivity index (χ0v) is 26.3. The van der Waals surface area contributed by atoms with Gasteiger partial charge in [-0.3, -0.25) is 14.5 Å². The molecule has 14 heteroatoms. The molecular formula is C30H28N6O5S3. The van der Waals surface area contributed by atoms with Gasteiger partial charge in [0.2, 0.25) is 0 Å². The smallest absolute Gasteiger partial charge is 0.266 e. The quantitative estimate of drug-likeness (QED) is 0.110. The van der Waals surface area contributed by atoms with Gasteiger partial charge >= 0.3 is 0 Å². The van der Waals surface area contributed by atoms with Crippen molar-refractivity contribution < 1.29 is 22.7 Å². The van der Waals surface area contributed by atoms with Crippen molar-refractivity contribution in [1.82, 2.24) is 9.80 Å². The number of nitrogens with zero attached hydrogens (tertiary/aromatic N) is 6. The molecule has 8 rings (SSSR count). The first-order valence-corrected chi connectivity index (χ1v) is 17.7. The molecule has 0 aliphatic carbocycles. The lowest BCUT2D eigenvalue weighted by molar-refractivity contribution is -0.158. The molecule has 0 aromatic heterocycles. The van der Waals surface area contributed by atoms with E-state index in [1.165, 1.54) is 42.9 Å². The van der Waals surface area contributed by atoms with Gasteiger partial charge in [0, 0.05) is 24.9 Å². The van der Waals surface area contributed by atoms with Crippen molar-refractivity contribution in [2.75, 3.05) is 24.5 Å². The fourth-order valence-corrected chi connectivity index (χ4v) is 12.0. The summed E-state index contributed by atoms with van der Waals surface area (Å²) in [5.74, 6) is 0.0157. The summed E-state index contributed by atoms with van der Waals surface area (Å²) in [5.41, 5.74) is 10.6. The van der Waals surface area contributed by atoms with Gasteiger partial charge in [-0.1, -0.05) is 74.7 Å². The predicted octanol–water partition coefficient (Wildman–Crippen LogP) is 5.02. The van der Waals surface area contributed by atoms with Gasteiger partial charge in [0.1, 0.15) is 11.9 Å². The number of amides is 2. The summed E-state index contributed by atoms with van der Waals surface area (Å²) in [6.07, 6.45) is -0.238. The van der Waals surface area contributed by atoms with Gasteiger partial charge in [-0.05, 0) is 60.3 Å². The largest absolute Gasteiger partial charge is 0.494 e. The highest BCUT2D eigenvalue weighted by molar-refractivity contribution is 8.78. The van der Waals surface area contributed by atoms with E-state index in [1.807, 2.05) is 43.3 Å². The fourth-order valence-electron chi connectivity index (χ4n) is 6.88. The van der Waals surface area contributed by atoms with Crippen LogP contribution in [0.25, 0.3) is 10.4 Å². The maximum atomic E-state index is 14.7. The van der Waals surface area contributed by atoms with Crippen molar-refractivity contribution in [3.63, 3.8) is 0 Å². The number of carbonyl (C=O) groups is 2. The van der Waals surface area contributed by atoms with E-state index in [0.29, 0.717) is 31.0 Å². The molecule has 4 atom stereocenters. The number of hydrogen-bond acceptors (Lipinski definition) is 8. The number of anilines is 1. The van der Waals surface area contributed by atoms with Crippen molar-refractivity contribution in [3.05, 3.63) is 99.9 Å². The Labute approximate surface area is 262 Å². The van der Waals surface area contributed by atoms with Crippen LogP contribution in [0.15, 0.2) is 82.8 Å². The van der Waals surface area contributed by atoms with Crippen LogP contribution < -0.4 is 9.04 Å². The van der Waals surface area contributed by atoms with E-state index < -0.39 is 31.8 Å². The molecule has 4 fully saturated rings. The summed E-state index contributed by atoms with van der Waals surface area (Å²) in [4.78, 5) is 32.8. The van der Waals surface area contributed by atoms with E-state index in [4.69, 9.17) is 10.3 Å². The van der Waals surface area contributed by atoms with Crippen LogP contribution >= 0.6 is 21.6 Å². The number of carbonyl (C=O) groups excluding carboxylic acids is 2. The number of benzene rings is 3. The number of hydrogen-bond donors (Lipinski definition) is 0. The zero-order valence-electron chi connectivity index (χ0n) is 23.9. The van der Waals surface area contributed by atoms with E-state index >= 15 is 0 Å².